The molecule has 3 N–H and O–H groups in total. The summed E-state index contributed by atoms with van der Waals surface area (Å²) in [5.41, 5.74) is 5.43. The molecule has 0 radical (unpaired) electrons. The first-order chi connectivity index (χ1) is 6.25. The molecule has 0 saturated carbocycles. The van der Waals surface area contributed by atoms with E-state index >= 15 is 0 Å². The minimum absolute atomic E-state index is 0.0902. The van der Waals surface area contributed by atoms with Gasteiger partial charge in [-0.3, -0.25) is 4.79 Å². The third-order valence-electron chi connectivity index (χ3n) is 1.50. The topological polar surface area (TPSA) is 72.6 Å². The van der Waals surface area contributed by atoms with Gasteiger partial charge in [0.25, 0.3) is 5.91 Å². The molecule has 1 amide bonds. The highest BCUT2D eigenvalue weighted by Gasteiger charge is 2.06. The molecule has 13 heavy (non-hydrogen) atoms. The van der Waals surface area contributed by atoms with Crippen LogP contribution in [0.1, 0.15) is 10.4 Å². The maximum atomic E-state index is 10.9. The molecular formula is C9H11NO3. The van der Waals surface area contributed by atoms with E-state index in [1.807, 2.05) is 0 Å². The predicted octanol–water partition coefficient (Wildman–Crippen LogP) is 0.157. The van der Waals surface area contributed by atoms with Gasteiger partial charge >= 0.3 is 0 Å². The fraction of sp³-hybridized carbons (Fsp3) is 0.222. The molecule has 0 aliphatic carbocycles. The van der Waals surface area contributed by atoms with Gasteiger partial charge in [0.1, 0.15) is 12.4 Å². The van der Waals surface area contributed by atoms with Gasteiger partial charge in [-0.1, -0.05) is 12.1 Å². The third-order valence-corrected chi connectivity index (χ3v) is 1.50. The van der Waals surface area contributed by atoms with E-state index in [-0.39, 0.29) is 13.2 Å². The second kappa shape index (κ2) is 4.47. The minimum atomic E-state index is -0.534. The van der Waals surface area contributed by atoms with E-state index in [4.69, 9.17) is 15.6 Å². The average molecular weight is 181 g/mol. The Hall–Kier alpha value is -1.55. The van der Waals surface area contributed by atoms with Crippen LogP contribution in [-0.4, -0.2) is 24.2 Å². The first-order valence-electron chi connectivity index (χ1n) is 3.88. The molecule has 1 aromatic carbocycles. The Morgan fingerprint density at radius 2 is 2.15 bits per heavy atom. The molecule has 0 fully saturated rings. The molecule has 0 aliphatic heterocycles. The van der Waals surface area contributed by atoms with Crippen molar-refractivity contribution >= 4 is 5.91 Å². The third kappa shape index (κ3) is 2.45. The monoisotopic (exact) mass is 181 g/mol. The largest absolute Gasteiger partial charge is 0.490 e. The number of amides is 1. The van der Waals surface area contributed by atoms with Gasteiger partial charge in [0.2, 0.25) is 0 Å². The SMILES string of the molecule is NC(=O)c1ccccc1OCCO. The Morgan fingerprint density at radius 3 is 2.77 bits per heavy atom. The molecule has 70 valence electrons. The number of aliphatic hydroxyl groups excluding tert-OH is 1. The predicted molar refractivity (Wildman–Crippen MR) is 47.5 cm³/mol. The molecule has 0 bridgehead atoms. The maximum Gasteiger partial charge on any atom is 0.252 e. The molecule has 4 heteroatoms. The number of ether oxygens (including phenoxy) is 1. The Kier molecular flexibility index (Phi) is 3.28. The molecule has 0 atom stereocenters. The quantitative estimate of drug-likeness (QED) is 0.694. The molecular weight excluding hydrogens is 170 g/mol. The van der Waals surface area contributed by atoms with Crippen molar-refractivity contribution in [3.05, 3.63) is 29.8 Å². The van der Waals surface area contributed by atoms with Crippen LogP contribution in [0.15, 0.2) is 24.3 Å². The zero-order valence-corrected chi connectivity index (χ0v) is 7.06. The smallest absolute Gasteiger partial charge is 0.252 e. The zero-order chi connectivity index (χ0) is 9.68. The van der Waals surface area contributed by atoms with Crippen molar-refractivity contribution in [2.75, 3.05) is 13.2 Å². The lowest BCUT2D eigenvalue weighted by molar-refractivity contribution is 0.0994. The summed E-state index contributed by atoms with van der Waals surface area (Å²) in [4.78, 5) is 10.9. The van der Waals surface area contributed by atoms with Crippen molar-refractivity contribution < 1.29 is 14.6 Å². The van der Waals surface area contributed by atoms with Crippen molar-refractivity contribution in [1.82, 2.24) is 0 Å². The average Bonchev–Trinajstić information content (AvgIpc) is 2.15. The normalized spacial score (nSPS) is 9.62. The van der Waals surface area contributed by atoms with E-state index in [0.29, 0.717) is 11.3 Å². The number of para-hydroxylation sites is 1. The summed E-state index contributed by atoms with van der Waals surface area (Å²) in [7, 11) is 0. The molecule has 0 saturated heterocycles. The highest BCUT2D eigenvalue weighted by Crippen LogP contribution is 2.16. The summed E-state index contributed by atoms with van der Waals surface area (Å²) in [6, 6.07) is 6.65. The van der Waals surface area contributed by atoms with Crippen molar-refractivity contribution in [1.29, 1.82) is 0 Å². The molecule has 0 aliphatic rings. The fourth-order valence-electron chi connectivity index (χ4n) is 0.952. The van der Waals surface area contributed by atoms with Crippen LogP contribution in [-0.2, 0) is 0 Å². The summed E-state index contributed by atoms with van der Waals surface area (Å²) in [5.74, 6) is -0.127. The number of carbonyl (C=O) groups excluding carboxylic acids is 1. The van der Waals surface area contributed by atoms with Crippen LogP contribution in [0, 0.1) is 0 Å². The summed E-state index contributed by atoms with van der Waals surface area (Å²) < 4.78 is 5.10. The van der Waals surface area contributed by atoms with Crippen LogP contribution < -0.4 is 10.5 Å². The van der Waals surface area contributed by atoms with Crippen LogP contribution in [0.4, 0.5) is 0 Å². The zero-order valence-electron chi connectivity index (χ0n) is 7.06. The maximum absolute atomic E-state index is 10.9. The first-order valence-corrected chi connectivity index (χ1v) is 3.88. The van der Waals surface area contributed by atoms with E-state index in [1.165, 1.54) is 0 Å². The minimum Gasteiger partial charge on any atom is -0.490 e. The fourth-order valence-corrected chi connectivity index (χ4v) is 0.952. The molecule has 4 nitrogen and oxygen atoms in total. The van der Waals surface area contributed by atoms with E-state index in [0.717, 1.165) is 0 Å². The lowest BCUT2D eigenvalue weighted by Gasteiger charge is -2.06. The number of primary amides is 1. The van der Waals surface area contributed by atoms with Crippen LogP contribution in [0.5, 0.6) is 5.75 Å². The summed E-state index contributed by atoms with van der Waals surface area (Å²) in [6.45, 7) is 0.0669. The van der Waals surface area contributed by atoms with Crippen molar-refractivity contribution in [3.63, 3.8) is 0 Å². The Morgan fingerprint density at radius 1 is 1.46 bits per heavy atom. The number of benzene rings is 1. The lowest BCUT2D eigenvalue weighted by atomic mass is 10.2. The van der Waals surface area contributed by atoms with Crippen molar-refractivity contribution in [2.24, 2.45) is 5.73 Å². The Labute approximate surface area is 75.9 Å². The molecule has 0 heterocycles. The summed E-state index contributed by atoms with van der Waals surface area (Å²) >= 11 is 0. The standard InChI is InChI=1S/C9H11NO3/c10-9(12)7-3-1-2-4-8(7)13-6-5-11/h1-4,11H,5-6H2,(H2,10,12). The molecule has 0 unspecified atom stereocenters. The number of nitrogens with two attached hydrogens (primary N) is 1. The van der Waals surface area contributed by atoms with Gasteiger partial charge in [0, 0.05) is 0 Å². The van der Waals surface area contributed by atoms with E-state index in [2.05, 4.69) is 0 Å². The van der Waals surface area contributed by atoms with Gasteiger partial charge in [-0.15, -0.1) is 0 Å². The van der Waals surface area contributed by atoms with Gasteiger partial charge in [-0.2, -0.15) is 0 Å². The van der Waals surface area contributed by atoms with Gasteiger partial charge < -0.3 is 15.6 Å². The van der Waals surface area contributed by atoms with Gasteiger partial charge in [-0.25, -0.2) is 0 Å². The van der Waals surface area contributed by atoms with Crippen LogP contribution in [0.3, 0.4) is 0 Å². The van der Waals surface area contributed by atoms with Crippen LogP contribution >= 0.6 is 0 Å². The molecule has 1 aromatic rings. The van der Waals surface area contributed by atoms with E-state index in [9.17, 15) is 4.79 Å². The highest BCUT2D eigenvalue weighted by atomic mass is 16.5. The first kappa shape index (κ1) is 9.54. The molecule has 0 spiro atoms. The number of rotatable bonds is 4. The Bertz CT molecular complexity index is 299. The summed E-state index contributed by atoms with van der Waals surface area (Å²) in [6.07, 6.45) is 0. The second-order valence-electron chi connectivity index (χ2n) is 2.43. The lowest BCUT2D eigenvalue weighted by Crippen LogP contribution is -2.13. The van der Waals surface area contributed by atoms with Gasteiger partial charge in [0.15, 0.2) is 0 Å². The van der Waals surface area contributed by atoms with E-state index < -0.39 is 5.91 Å². The second-order valence-corrected chi connectivity index (χ2v) is 2.43. The molecule has 1 rings (SSSR count). The van der Waals surface area contributed by atoms with Gasteiger partial charge in [-0.05, 0) is 12.1 Å². The van der Waals surface area contributed by atoms with Crippen LogP contribution in [0.2, 0.25) is 0 Å². The van der Waals surface area contributed by atoms with E-state index in [1.54, 1.807) is 24.3 Å². The number of carbonyl (C=O) groups is 1. The number of hydrogen-bond donors (Lipinski definition) is 2. The molecule has 0 aromatic heterocycles. The van der Waals surface area contributed by atoms with Crippen molar-refractivity contribution in [2.45, 2.75) is 0 Å². The highest BCUT2D eigenvalue weighted by molar-refractivity contribution is 5.95. The van der Waals surface area contributed by atoms with Crippen LogP contribution in [0.25, 0.3) is 0 Å². The number of hydrogen-bond acceptors (Lipinski definition) is 3. The van der Waals surface area contributed by atoms with Gasteiger partial charge in [0.05, 0.1) is 12.2 Å². The van der Waals surface area contributed by atoms with Crippen molar-refractivity contribution in [3.8, 4) is 5.75 Å². The summed E-state index contributed by atoms with van der Waals surface area (Å²) in [5, 5.41) is 8.52. The number of aliphatic hydroxyl groups is 1. The Balaban J connectivity index is 2.84.